The summed E-state index contributed by atoms with van der Waals surface area (Å²) < 4.78 is 5.49. The number of nitrogens with two attached hydrogens (primary N) is 1. The van der Waals surface area contributed by atoms with Crippen LogP contribution in [-0.2, 0) is 12.8 Å². The van der Waals surface area contributed by atoms with Crippen LogP contribution >= 0.6 is 0 Å². The number of nitrogens with zero attached hydrogens (tertiary/aromatic N) is 1. The summed E-state index contributed by atoms with van der Waals surface area (Å²) in [5, 5.41) is 0. The Morgan fingerprint density at radius 1 is 1.29 bits per heavy atom. The predicted molar refractivity (Wildman–Crippen MR) is 67.1 cm³/mol. The van der Waals surface area contributed by atoms with E-state index in [1.807, 2.05) is 18.2 Å². The van der Waals surface area contributed by atoms with Crippen molar-refractivity contribution in [2.45, 2.75) is 12.8 Å². The van der Waals surface area contributed by atoms with Crippen molar-refractivity contribution < 1.29 is 4.74 Å². The number of fused-ring (bicyclic) bond motifs is 1. The zero-order chi connectivity index (χ0) is 11.7. The number of pyridine rings is 1. The number of anilines is 1. The van der Waals surface area contributed by atoms with E-state index in [1.54, 1.807) is 6.20 Å². The number of nitrogen functional groups attached to an aromatic ring is 1. The average Bonchev–Trinajstić information content (AvgIpc) is 2.79. The van der Waals surface area contributed by atoms with Crippen LogP contribution in [0.3, 0.4) is 0 Å². The Balaban J connectivity index is 1.89. The van der Waals surface area contributed by atoms with Crippen LogP contribution in [0.2, 0.25) is 0 Å². The smallest absolute Gasteiger partial charge is 0.126 e. The highest BCUT2D eigenvalue weighted by Crippen LogP contribution is 2.27. The average molecular weight is 226 g/mol. The molecule has 2 heterocycles. The molecule has 3 nitrogen and oxygen atoms in total. The van der Waals surface area contributed by atoms with Gasteiger partial charge >= 0.3 is 0 Å². The fraction of sp³-hybridized carbons (Fsp3) is 0.214. The third-order valence-electron chi connectivity index (χ3n) is 3.07. The molecule has 0 radical (unpaired) electrons. The predicted octanol–water partition coefficient (Wildman–Crippen LogP) is 2.19. The third-order valence-corrected chi connectivity index (χ3v) is 3.07. The van der Waals surface area contributed by atoms with Crippen molar-refractivity contribution in [2.24, 2.45) is 0 Å². The first-order chi connectivity index (χ1) is 8.33. The van der Waals surface area contributed by atoms with Gasteiger partial charge in [0.15, 0.2) is 0 Å². The van der Waals surface area contributed by atoms with Gasteiger partial charge < -0.3 is 10.5 Å². The van der Waals surface area contributed by atoms with Crippen LogP contribution in [0.1, 0.15) is 16.7 Å². The highest BCUT2D eigenvalue weighted by molar-refractivity contribution is 5.45. The van der Waals surface area contributed by atoms with Crippen molar-refractivity contribution in [3.8, 4) is 5.75 Å². The second kappa shape index (κ2) is 4.09. The number of hydrogen-bond acceptors (Lipinski definition) is 3. The molecule has 17 heavy (non-hydrogen) atoms. The first-order valence-electron chi connectivity index (χ1n) is 5.77. The third kappa shape index (κ3) is 1.96. The van der Waals surface area contributed by atoms with Gasteiger partial charge in [0.25, 0.3) is 0 Å². The molecule has 86 valence electrons. The molecule has 1 aliphatic rings. The van der Waals surface area contributed by atoms with Gasteiger partial charge in [0, 0.05) is 19.0 Å². The van der Waals surface area contributed by atoms with Crippen molar-refractivity contribution >= 4 is 5.82 Å². The van der Waals surface area contributed by atoms with E-state index in [9.17, 15) is 0 Å². The second-order valence-corrected chi connectivity index (χ2v) is 4.27. The van der Waals surface area contributed by atoms with E-state index in [0.717, 1.165) is 30.8 Å². The van der Waals surface area contributed by atoms with E-state index in [2.05, 4.69) is 17.1 Å². The van der Waals surface area contributed by atoms with Crippen molar-refractivity contribution in [1.29, 1.82) is 0 Å². The molecular weight excluding hydrogens is 212 g/mol. The van der Waals surface area contributed by atoms with Crippen molar-refractivity contribution in [3.05, 3.63) is 53.2 Å². The van der Waals surface area contributed by atoms with E-state index in [0.29, 0.717) is 5.82 Å². The number of aromatic nitrogens is 1. The molecule has 3 rings (SSSR count). The minimum atomic E-state index is 0.615. The van der Waals surface area contributed by atoms with Crippen LogP contribution in [0, 0.1) is 0 Å². The molecule has 1 aliphatic heterocycles. The molecule has 0 saturated heterocycles. The Hall–Kier alpha value is -2.03. The molecule has 0 amide bonds. The quantitative estimate of drug-likeness (QED) is 0.853. The minimum absolute atomic E-state index is 0.615. The summed E-state index contributed by atoms with van der Waals surface area (Å²) >= 11 is 0. The zero-order valence-electron chi connectivity index (χ0n) is 9.52. The van der Waals surface area contributed by atoms with Crippen molar-refractivity contribution in [2.75, 3.05) is 12.3 Å². The second-order valence-electron chi connectivity index (χ2n) is 4.27. The van der Waals surface area contributed by atoms with Gasteiger partial charge in [-0.2, -0.15) is 0 Å². The Morgan fingerprint density at radius 2 is 2.24 bits per heavy atom. The summed E-state index contributed by atoms with van der Waals surface area (Å²) in [5.74, 6) is 1.64. The normalized spacial score (nSPS) is 13.2. The first kappa shape index (κ1) is 10.1. The largest absolute Gasteiger partial charge is 0.493 e. The standard InChI is InChI=1S/C14H14N2O/c15-14-12(2-1-6-16-14)9-10-3-4-13-11(8-10)5-7-17-13/h1-4,6,8H,5,7,9H2,(H2,15,16). The van der Waals surface area contributed by atoms with E-state index >= 15 is 0 Å². The SMILES string of the molecule is Nc1ncccc1Cc1ccc2c(c1)CCO2. The van der Waals surface area contributed by atoms with Gasteiger partial charge in [-0.25, -0.2) is 4.98 Å². The van der Waals surface area contributed by atoms with Gasteiger partial charge in [-0.3, -0.25) is 0 Å². The summed E-state index contributed by atoms with van der Waals surface area (Å²) in [5.41, 5.74) is 9.48. The van der Waals surface area contributed by atoms with E-state index < -0.39 is 0 Å². The lowest BCUT2D eigenvalue weighted by atomic mass is 10.0. The molecule has 0 spiro atoms. The summed E-state index contributed by atoms with van der Waals surface area (Å²) in [6.07, 6.45) is 3.55. The summed E-state index contributed by atoms with van der Waals surface area (Å²) in [4.78, 5) is 4.10. The number of hydrogen-bond donors (Lipinski definition) is 1. The van der Waals surface area contributed by atoms with Crippen LogP contribution in [0.4, 0.5) is 5.82 Å². The van der Waals surface area contributed by atoms with Crippen LogP contribution in [-0.4, -0.2) is 11.6 Å². The van der Waals surface area contributed by atoms with Gasteiger partial charge in [-0.1, -0.05) is 18.2 Å². The molecule has 1 aromatic heterocycles. The molecule has 0 atom stereocenters. The Labute approximate surface area is 100 Å². The lowest BCUT2D eigenvalue weighted by Gasteiger charge is -2.06. The lowest BCUT2D eigenvalue weighted by molar-refractivity contribution is 0.357. The molecule has 0 bridgehead atoms. The topological polar surface area (TPSA) is 48.1 Å². The zero-order valence-corrected chi connectivity index (χ0v) is 9.52. The fourth-order valence-corrected chi connectivity index (χ4v) is 2.17. The van der Waals surface area contributed by atoms with Crippen molar-refractivity contribution in [3.63, 3.8) is 0 Å². The maximum atomic E-state index is 5.85. The number of ether oxygens (including phenoxy) is 1. The molecule has 3 heteroatoms. The Morgan fingerprint density at radius 3 is 3.12 bits per heavy atom. The summed E-state index contributed by atoms with van der Waals surface area (Å²) in [7, 11) is 0. The van der Waals surface area contributed by atoms with E-state index in [-0.39, 0.29) is 0 Å². The van der Waals surface area contributed by atoms with Crippen LogP contribution in [0.15, 0.2) is 36.5 Å². The van der Waals surface area contributed by atoms with E-state index in [1.165, 1.54) is 11.1 Å². The Bertz CT molecular complexity index is 552. The molecule has 0 saturated carbocycles. The van der Waals surface area contributed by atoms with E-state index in [4.69, 9.17) is 10.5 Å². The highest BCUT2D eigenvalue weighted by Gasteiger charge is 2.12. The van der Waals surface area contributed by atoms with Gasteiger partial charge in [0.1, 0.15) is 11.6 Å². The van der Waals surface area contributed by atoms with Crippen LogP contribution in [0.25, 0.3) is 0 Å². The fourth-order valence-electron chi connectivity index (χ4n) is 2.17. The first-order valence-corrected chi connectivity index (χ1v) is 5.77. The van der Waals surface area contributed by atoms with Gasteiger partial charge in [-0.15, -0.1) is 0 Å². The Kier molecular flexibility index (Phi) is 2.44. The van der Waals surface area contributed by atoms with Crippen molar-refractivity contribution in [1.82, 2.24) is 4.98 Å². The minimum Gasteiger partial charge on any atom is -0.493 e. The molecule has 2 aromatic rings. The van der Waals surface area contributed by atoms with Gasteiger partial charge in [-0.05, 0) is 28.8 Å². The van der Waals surface area contributed by atoms with Crippen LogP contribution in [0.5, 0.6) is 5.75 Å². The van der Waals surface area contributed by atoms with Gasteiger partial charge in [0.2, 0.25) is 0 Å². The summed E-state index contributed by atoms with van der Waals surface area (Å²) in [6, 6.07) is 10.3. The molecular formula is C14H14N2O. The molecule has 1 aromatic carbocycles. The molecule has 0 aliphatic carbocycles. The number of rotatable bonds is 2. The summed E-state index contributed by atoms with van der Waals surface area (Å²) in [6.45, 7) is 0.799. The lowest BCUT2D eigenvalue weighted by Crippen LogP contribution is -1.98. The van der Waals surface area contributed by atoms with Gasteiger partial charge in [0.05, 0.1) is 6.61 Å². The van der Waals surface area contributed by atoms with Crippen LogP contribution < -0.4 is 10.5 Å². The molecule has 0 unspecified atom stereocenters. The maximum Gasteiger partial charge on any atom is 0.126 e. The number of benzene rings is 1. The molecule has 2 N–H and O–H groups in total. The highest BCUT2D eigenvalue weighted by atomic mass is 16.5. The monoisotopic (exact) mass is 226 g/mol. The molecule has 0 fully saturated rings. The maximum absolute atomic E-state index is 5.85.